The molecule has 1 atom stereocenters. The first-order chi connectivity index (χ1) is 18.8. The highest BCUT2D eigenvalue weighted by molar-refractivity contribution is 7.26. The van der Waals surface area contributed by atoms with Gasteiger partial charge in [-0.05, 0) is 56.4 Å². The van der Waals surface area contributed by atoms with Crippen LogP contribution >= 0.6 is 11.3 Å². The second kappa shape index (κ2) is 7.50. The van der Waals surface area contributed by atoms with Gasteiger partial charge in [0.15, 0.2) is 0 Å². The highest BCUT2D eigenvalue weighted by Gasteiger charge is 2.32. The average Bonchev–Trinajstić information content (AvgIpc) is 3.69. The highest BCUT2D eigenvalue weighted by Crippen LogP contribution is 2.51. The predicted molar refractivity (Wildman–Crippen MR) is 163 cm³/mol. The molecule has 2 aliphatic rings. The molecule has 0 bridgehead atoms. The van der Waals surface area contributed by atoms with Crippen molar-refractivity contribution in [1.82, 2.24) is 4.98 Å². The van der Waals surface area contributed by atoms with Gasteiger partial charge in [-0.1, -0.05) is 103 Å². The van der Waals surface area contributed by atoms with Crippen LogP contribution in [0.3, 0.4) is 0 Å². The predicted octanol–water partition coefficient (Wildman–Crippen LogP) is 10.1. The lowest BCUT2D eigenvalue weighted by Crippen LogP contribution is -1.97. The summed E-state index contributed by atoms with van der Waals surface area (Å²) in [6.45, 7) is 0. The van der Waals surface area contributed by atoms with Crippen molar-refractivity contribution < 1.29 is 0 Å². The molecule has 0 aliphatic heterocycles. The maximum Gasteiger partial charge on any atom is 0.0888 e. The van der Waals surface area contributed by atoms with E-state index in [1.54, 1.807) is 0 Å². The molecule has 2 aliphatic carbocycles. The molecule has 2 heteroatoms. The van der Waals surface area contributed by atoms with Crippen LogP contribution in [0.2, 0.25) is 0 Å². The van der Waals surface area contributed by atoms with E-state index in [2.05, 4.69) is 121 Å². The summed E-state index contributed by atoms with van der Waals surface area (Å²) in [6.07, 6.45) is 6.99. The van der Waals surface area contributed by atoms with E-state index in [-0.39, 0.29) is 0 Å². The molecule has 0 radical (unpaired) electrons. The molecule has 176 valence electrons. The Bertz CT molecular complexity index is 2180. The first-order valence-electron chi connectivity index (χ1n) is 13.1. The number of fused-ring (bicyclic) bond motifs is 11. The molecular formula is C36H21NS. The molecule has 0 unspecified atom stereocenters. The summed E-state index contributed by atoms with van der Waals surface area (Å²) in [5.74, 6) is 0.478. The van der Waals surface area contributed by atoms with Crippen molar-refractivity contribution in [3.8, 4) is 22.5 Å². The molecular weight excluding hydrogens is 478 g/mol. The maximum absolute atomic E-state index is 5.32. The topological polar surface area (TPSA) is 12.9 Å². The number of benzene rings is 5. The van der Waals surface area contributed by atoms with Crippen molar-refractivity contribution in [3.63, 3.8) is 0 Å². The Morgan fingerprint density at radius 3 is 2.26 bits per heavy atom. The lowest BCUT2D eigenvalue weighted by Gasteiger charge is -2.19. The SMILES string of the molecule is C1=Cc2c(c3ccccc3c3cc(-c4nc(-c5ccccc5)cc5c4sc4ccccc45)ccc23)[C@H]2C=C12. The molecule has 5 aromatic carbocycles. The summed E-state index contributed by atoms with van der Waals surface area (Å²) in [4.78, 5) is 5.32. The number of rotatable bonds is 2. The fourth-order valence-corrected chi connectivity index (χ4v) is 7.51. The molecule has 0 spiro atoms. The van der Waals surface area contributed by atoms with Gasteiger partial charge in [0, 0.05) is 32.5 Å². The Morgan fingerprint density at radius 2 is 1.37 bits per heavy atom. The lowest BCUT2D eigenvalue weighted by molar-refractivity contribution is 1.21. The van der Waals surface area contributed by atoms with Gasteiger partial charge in [-0.2, -0.15) is 0 Å². The number of hydrogen-bond donors (Lipinski definition) is 0. The number of aromatic nitrogens is 1. The molecule has 2 aromatic heterocycles. The normalized spacial score (nSPS) is 15.7. The minimum atomic E-state index is 0.478. The van der Waals surface area contributed by atoms with Gasteiger partial charge in [0.05, 0.1) is 16.1 Å². The van der Waals surface area contributed by atoms with Gasteiger partial charge < -0.3 is 0 Å². The summed E-state index contributed by atoms with van der Waals surface area (Å²) < 4.78 is 2.55. The van der Waals surface area contributed by atoms with Crippen molar-refractivity contribution in [2.75, 3.05) is 0 Å². The van der Waals surface area contributed by atoms with Gasteiger partial charge >= 0.3 is 0 Å². The Hall–Kier alpha value is -4.53. The third-order valence-corrected chi connectivity index (χ3v) is 9.37. The van der Waals surface area contributed by atoms with Crippen molar-refractivity contribution in [2.24, 2.45) is 0 Å². The minimum absolute atomic E-state index is 0.478. The van der Waals surface area contributed by atoms with Gasteiger partial charge in [0.2, 0.25) is 0 Å². The third-order valence-electron chi connectivity index (χ3n) is 8.18. The van der Waals surface area contributed by atoms with Gasteiger partial charge in [-0.15, -0.1) is 11.3 Å². The van der Waals surface area contributed by atoms with E-state index >= 15 is 0 Å². The van der Waals surface area contributed by atoms with Crippen LogP contribution in [0.15, 0.2) is 121 Å². The van der Waals surface area contributed by atoms with Crippen LogP contribution < -0.4 is 0 Å². The van der Waals surface area contributed by atoms with E-state index in [1.165, 1.54) is 64.0 Å². The van der Waals surface area contributed by atoms with Crippen molar-refractivity contribution in [1.29, 1.82) is 0 Å². The van der Waals surface area contributed by atoms with E-state index in [0.29, 0.717) is 5.92 Å². The number of thiophene rings is 1. The molecule has 0 saturated carbocycles. The minimum Gasteiger partial charge on any atom is -0.246 e. The van der Waals surface area contributed by atoms with Crippen LogP contribution in [-0.4, -0.2) is 4.98 Å². The van der Waals surface area contributed by atoms with Gasteiger partial charge in [-0.25, -0.2) is 4.98 Å². The third kappa shape index (κ3) is 2.84. The smallest absolute Gasteiger partial charge is 0.0888 e. The van der Waals surface area contributed by atoms with Crippen molar-refractivity contribution >= 4 is 59.1 Å². The molecule has 1 nitrogen and oxygen atoms in total. The van der Waals surface area contributed by atoms with Crippen LogP contribution in [0.25, 0.3) is 70.3 Å². The first-order valence-corrected chi connectivity index (χ1v) is 13.9. The van der Waals surface area contributed by atoms with Crippen LogP contribution in [0, 0.1) is 0 Å². The zero-order valence-corrected chi connectivity index (χ0v) is 21.3. The van der Waals surface area contributed by atoms with E-state index in [4.69, 9.17) is 4.98 Å². The van der Waals surface area contributed by atoms with Crippen LogP contribution in [0.4, 0.5) is 0 Å². The molecule has 38 heavy (non-hydrogen) atoms. The molecule has 0 fully saturated rings. The van der Waals surface area contributed by atoms with E-state index < -0.39 is 0 Å². The van der Waals surface area contributed by atoms with Crippen LogP contribution in [0.1, 0.15) is 17.0 Å². The molecule has 2 heterocycles. The largest absolute Gasteiger partial charge is 0.246 e. The quantitative estimate of drug-likeness (QED) is 0.216. The van der Waals surface area contributed by atoms with E-state index in [1.807, 2.05) is 11.3 Å². The first kappa shape index (κ1) is 20.5. The monoisotopic (exact) mass is 499 g/mol. The summed E-state index contributed by atoms with van der Waals surface area (Å²) in [5, 5.41) is 7.89. The molecule has 7 aromatic rings. The van der Waals surface area contributed by atoms with Gasteiger partial charge in [-0.3, -0.25) is 0 Å². The van der Waals surface area contributed by atoms with E-state index in [0.717, 1.165) is 17.0 Å². The molecule has 9 rings (SSSR count). The standard InChI is InChI=1S/C36H21NS/c1-2-8-21(9-3-1)32-20-31-26-11-6-7-13-33(26)38-36(31)35(37-32)23-15-16-25-28-17-14-22-18-29(22)34(28)27-12-5-4-10-24(27)30(25)19-23/h1-20,29H/t29-/m0/s1. The number of nitrogens with zero attached hydrogens (tertiary/aromatic N) is 1. The van der Waals surface area contributed by atoms with Crippen LogP contribution in [0.5, 0.6) is 0 Å². The van der Waals surface area contributed by atoms with Crippen molar-refractivity contribution in [2.45, 2.75) is 5.92 Å². The van der Waals surface area contributed by atoms with Gasteiger partial charge in [0.25, 0.3) is 0 Å². The second-order valence-corrected chi connectivity index (χ2v) is 11.4. The Morgan fingerprint density at radius 1 is 0.579 bits per heavy atom. The Balaban J connectivity index is 1.37. The van der Waals surface area contributed by atoms with Crippen molar-refractivity contribution in [3.05, 3.63) is 132 Å². The zero-order valence-electron chi connectivity index (χ0n) is 20.5. The second-order valence-electron chi connectivity index (χ2n) is 10.3. The van der Waals surface area contributed by atoms with E-state index in [9.17, 15) is 0 Å². The Labute approximate surface area is 224 Å². The number of allylic oxidation sites excluding steroid dienone is 3. The fourth-order valence-electron chi connectivity index (χ4n) is 6.32. The highest BCUT2D eigenvalue weighted by atomic mass is 32.1. The maximum atomic E-state index is 5.32. The number of pyridine rings is 1. The molecule has 0 N–H and O–H groups in total. The summed E-state index contributed by atoms with van der Waals surface area (Å²) in [5.41, 5.74) is 8.68. The summed E-state index contributed by atoms with van der Waals surface area (Å²) in [7, 11) is 0. The van der Waals surface area contributed by atoms with Gasteiger partial charge in [0.1, 0.15) is 0 Å². The lowest BCUT2D eigenvalue weighted by atomic mass is 9.85. The molecule has 0 saturated heterocycles. The summed E-state index contributed by atoms with van der Waals surface area (Å²) >= 11 is 1.84. The zero-order chi connectivity index (χ0) is 24.8. The average molecular weight is 500 g/mol. The fraction of sp³-hybridized carbons (Fsp3) is 0.0278. The molecule has 0 amide bonds. The Kier molecular flexibility index (Phi) is 4.05. The number of hydrogen-bond acceptors (Lipinski definition) is 2. The van der Waals surface area contributed by atoms with Crippen LogP contribution in [-0.2, 0) is 0 Å². The summed E-state index contributed by atoms with van der Waals surface area (Å²) in [6, 6.07) is 37.4.